The molecule has 0 unspecified atom stereocenters. The van der Waals surface area contributed by atoms with Crippen molar-refractivity contribution < 1.29 is 4.39 Å². The van der Waals surface area contributed by atoms with Crippen molar-refractivity contribution in [1.82, 2.24) is 0 Å². The predicted molar refractivity (Wildman–Crippen MR) is 51.8 cm³/mol. The number of hydrogen-bond donors (Lipinski definition) is 1. The molecule has 1 nitrogen and oxygen atoms in total. The van der Waals surface area contributed by atoms with Crippen LogP contribution in [0.5, 0.6) is 0 Å². The average Bonchev–Trinajstić information content (AvgIpc) is 2.16. The van der Waals surface area contributed by atoms with E-state index in [1.165, 1.54) is 12.1 Å². The fraction of sp³-hybridized carbons (Fsp3) is 0.0909. The minimum absolute atomic E-state index is 0.223. The van der Waals surface area contributed by atoms with Crippen LogP contribution in [0.3, 0.4) is 0 Å². The lowest BCUT2D eigenvalue weighted by Crippen LogP contribution is -1.97. The minimum atomic E-state index is -0.223. The molecule has 2 rings (SSSR count). The Balaban J connectivity index is 2.81. The highest BCUT2D eigenvalue weighted by molar-refractivity contribution is 5.85. The molecule has 13 heavy (non-hydrogen) atoms. The van der Waals surface area contributed by atoms with Gasteiger partial charge in [-0.3, -0.25) is 0 Å². The van der Waals surface area contributed by atoms with Gasteiger partial charge in [0.2, 0.25) is 0 Å². The zero-order valence-corrected chi connectivity index (χ0v) is 7.13. The van der Waals surface area contributed by atoms with Gasteiger partial charge in [-0.15, -0.1) is 0 Å². The highest BCUT2D eigenvalue weighted by atomic mass is 19.1. The molecule has 0 radical (unpaired) electrons. The molecule has 2 heteroatoms. The van der Waals surface area contributed by atoms with Gasteiger partial charge in [-0.2, -0.15) is 0 Å². The molecule has 0 saturated carbocycles. The molecule has 0 aromatic heterocycles. The first kappa shape index (κ1) is 8.20. The first-order valence-electron chi connectivity index (χ1n) is 4.18. The van der Waals surface area contributed by atoms with Gasteiger partial charge in [-0.1, -0.05) is 24.3 Å². The van der Waals surface area contributed by atoms with Crippen LogP contribution < -0.4 is 5.73 Å². The van der Waals surface area contributed by atoms with E-state index in [1.807, 2.05) is 24.3 Å². The van der Waals surface area contributed by atoms with E-state index in [9.17, 15) is 4.39 Å². The van der Waals surface area contributed by atoms with Crippen LogP contribution in [0, 0.1) is 5.82 Å². The van der Waals surface area contributed by atoms with Crippen molar-refractivity contribution in [2.45, 2.75) is 6.54 Å². The molecular formula is C11H10FN. The Morgan fingerprint density at radius 3 is 2.69 bits per heavy atom. The van der Waals surface area contributed by atoms with Crippen molar-refractivity contribution in [3.05, 3.63) is 47.8 Å². The summed E-state index contributed by atoms with van der Waals surface area (Å²) < 4.78 is 13.0. The topological polar surface area (TPSA) is 26.0 Å². The maximum absolute atomic E-state index is 13.0. The average molecular weight is 175 g/mol. The van der Waals surface area contributed by atoms with Crippen LogP contribution in [0.2, 0.25) is 0 Å². The third kappa shape index (κ3) is 1.40. The highest BCUT2D eigenvalue weighted by Gasteiger charge is 2.01. The molecule has 0 aliphatic rings. The lowest BCUT2D eigenvalue weighted by Gasteiger charge is -2.03. The molecule has 0 fully saturated rings. The molecule has 0 heterocycles. The number of halogens is 1. The Bertz CT molecular complexity index is 437. The summed E-state index contributed by atoms with van der Waals surface area (Å²) in [5.41, 5.74) is 6.38. The summed E-state index contributed by atoms with van der Waals surface area (Å²) in [6, 6.07) is 10.7. The fourth-order valence-corrected chi connectivity index (χ4v) is 1.52. The Morgan fingerprint density at radius 2 is 1.92 bits per heavy atom. The third-order valence-corrected chi connectivity index (χ3v) is 2.13. The van der Waals surface area contributed by atoms with Gasteiger partial charge in [0.15, 0.2) is 0 Å². The molecule has 0 amide bonds. The van der Waals surface area contributed by atoms with E-state index in [2.05, 4.69) is 0 Å². The van der Waals surface area contributed by atoms with E-state index >= 15 is 0 Å². The van der Waals surface area contributed by atoms with Gasteiger partial charge in [0.25, 0.3) is 0 Å². The fourth-order valence-electron chi connectivity index (χ4n) is 1.52. The van der Waals surface area contributed by atoms with Crippen LogP contribution in [-0.4, -0.2) is 0 Å². The van der Waals surface area contributed by atoms with Crippen LogP contribution in [0.25, 0.3) is 10.8 Å². The van der Waals surface area contributed by atoms with Crippen LogP contribution in [-0.2, 0) is 6.54 Å². The van der Waals surface area contributed by atoms with E-state index in [0.717, 1.165) is 16.3 Å². The molecule has 2 N–H and O–H groups in total. The molecule has 0 atom stereocenters. The van der Waals surface area contributed by atoms with E-state index in [0.29, 0.717) is 6.54 Å². The second-order valence-corrected chi connectivity index (χ2v) is 2.99. The summed E-state index contributed by atoms with van der Waals surface area (Å²) in [5.74, 6) is -0.223. The standard InChI is InChI=1S/C11H10FN/c12-10-5-8-3-1-2-4-11(8)9(6-10)7-13/h1-6H,7,13H2. The molecule has 0 bridgehead atoms. The van der Waals surface area contributed by atoms with Gasteiger partial charge in [0.1, 0.15) is 5.82 Å². The molecule has 2 aromatic carbocycles. The zero-order valence-electron chi connectivity index (χ0n) is 7.13. The lowest BCUT2D eigenvalue weighted by atomic mass is 10.0. The number of nitrogens with two attached hydrogens (primary N) is 1. The predicted octanol–water partition coefficient (Wildman–Crippen LogP) is 2.44. The Labute approximate surface area is 76.0 Å². The van der Waals surface area contributed by atoms with Gasteiger partial charge in [-0.05, 0) is 28.5 Å². The van der Waals surface area contributed by atoms with Crippen LogP contribution in [0.15, 0.2) is 36.4 Å². The Kier molecular flexibility index (Phi) is 1.99. The molecule has 66 valence electrons. The second-order valence-electron chi connectivity index (χ2n) is 2.99. The Morgan fingerprint density at radius 1 is 1.15 bits per heavy atom. The summed E-state index contributed by atoms with van der Waals surface area (Å²) in [6.45, 7) is 0.373. The maximum atomic E-state index is 13.0. The first-order chi connectivity index (χ1) is 6.31. The number of rotatable bonds is 1. The van der Waals surface area contributed by atoms with Gasteiger partial charge in [0.05, 0.1) is 0 Å². The van der Waals surface area contributed by atoms with Crippen molar-refractivity contribution in [2.75, 3.05) is 0 Å². The van der Waals surface area contributed by atoms with Crippen molar-refractivity contribution in [1.29, 1.82) is 0 Å². The van der Waals surface area contributed by atoms with Crippen molar-refractivity contribution >= 4 is 10.8 Å². The molecular weight excluding hydrogens is 165 g/mol. The number of fused-ring (bicyclic) bond motifs is 1. The summed E-state index contributed by atoms with van der Waals surface area (Å²) in [5, 5.41) is 1.94. The van der Waals surface area contributed by atoms with Gasteiger partial charge in [-0.25, -0.2) is 4.39 Å². The summed E-state index contributed by atoms with van der Waals surface area (Å²) in [6.07, 6.45) is 0. The minimum Gasteiger partial charge on any atom is -0.326 e. The molecule has 0 saturated heterocycles. The molecule has 0 aliphatic heterocycles. The van der Waals surface area contributed by atoms with Gasteiger partial charge >= 0.3 is 0 Å². The van der Waals surface area contributed by atoms with E-state index < -0.39 is 0 Å². The van der Waals surface area contributed by atoms with Crippen molar-refractivity contribution in [2.24, 2.45) is 5.73 Å². The Hall–Kier alpha value is -1.41. The molecule has 0 aliphatic carbocycles. The number of benzene rings is 2. The van der Waals surface area contributed by atoms with Gasteiger partial charge < -0.3 is 5.73 Å². The maximum Gasteiger partial charge on any atom is 0.124 e. The summed E-state index contributed by atoms with van der Waals surface area (Å²) in [7, 11) is 0. The zero-order chi connectivity index (χ0) is 9.26. The monoisotopic (exact) mass is 175 g/mol. The van der Waals surface area contributed by atoms with Crippen molar-refractivity contribution in [3.63, 3.8) is 0 Å². The second kappa shape index (κ2) is 3.15. The van der Waals surface area contributed by atoms with Crippen molar-refractivity contribution in [3.8, 4) is 0 Å². The highest BCUT2D eigenvalue weighted by Crippen LogP contribution is 2.19. The quantitative estimate of drug-likeness (QED) is 0.707. The summed E-state index contributed by atoms with van der Waals surface area (Å²) in [4.78, 5) is 0. The normalized spacial score (nSPS) is 10.6. The van der Waals surface area contributed by atoms with Gasteiger partial charge in [0, 0.05) is 6.54 Å². The SMILES string of the molecule is NCc1cc(F)cc2ccccc12. The van der Waals surface area contributed by atoms with Crippen LogP contribution in [0.1, 0.15) is 5.56 Å². The molecule has 2 aromatic rings. The van der Waals surface area contributed by atoms with E-state index in [4.69, 9.17) is 5.73 Å². The third-order valence-electron chi connectivity index (χ3n) is 2.13. The number of hydrogen-bond acceptors (Lipinski definition) is 1. The van der Waals surface area contributed by atoms with Crippen LogP contribution in [0.4, 0.5) is 4.39 Å². The van der Waals surface area contributed by atoms with Crippen LogP contribution >= 0.6 is 0 Å². The summed E-state index contributed by atoms with van der Waals surface area (Å²) >= 11 is 0. The largest absolute Gasteiger partial charge is 0.326 e. The van der Waals surface area contributed by atoms with E-state index in [-0.39, 0.29) is 5.82 Å². The molecule has 0 spiro atoms. The first-order valence-corrected chi connectivity index (χ1v) is 4.18. The lowest BCUT2D eigenvalue weighted by molar-refractivity contribution is 0.627. The van der Waals surface area contributed by atoms with E-state index in [1.54, 1.807) is 0 Å². The smallest absolute Gasteiger partial charge is 0.124 e.